The Hall–Kier alpha value is -2.68. The molecular formula is C23H21F2IN4O4S. The van der Waals surface area contributed by atoms with Gasteiger partial charge in [-0.25, -0.2) is 27.4 Å². The Morgan fingerprint density at radius 1 is 1.14 bits per heavy atom. The Bertz CT molecular complexity index is 1320. The molecule has 1 fully saturated rings. The number of aromatic nitrogens is 1. The van der Waals surface area contributed by atoms with Crippen LogP contribution in [0.2, 0.25) is 0 Å². The fourth-order valence-electron chi connectivity index (χ4n) is 3.10. The Morgan fingerprint density at radius 3 is 2.54 bits per heavy atom. The minimum absolute atomic E-state index is 0.202. The number of pyridine rings is 1. The maximum atomic E-state index is 15.2. The summed E-state index contributed by atoms with van der Waals surface area (Å²) in [6, 6.07) is 10.7. The predicted molar refractivity (Wildman–Crippen MR) is 133 cm³/mol. The molecule has 184 valence electrons. The number of nitrogens with one attached hydrogen (secondary N) is 3. The first-order valence-corrected chi connectivity index (χ1v) is 13.2. The first kappa shape index (κ1) is 25.4. The van der Waals surface area contributed by atoms with Gasteiger partial charge in [-0.3, -0.25) is 14.6 Å². The van der Waals surface area contributed by atoms with E-state index in [1.807, 2.05) is 0 Å². The van der Waals surface area contributed by atoms with E-state index in [0.29, 0.717) is 17.2 Å². The topological polar surface area (TPSA) is 109 Å². The van der Waals surface area contributed by atoms with E-state index in [0.717, 1.165) is 22.5 Å². The first-order chi connectivity index (χ1) is 16.7. The van der Waals surface area contributed by atoms with Crippen molar-refractivity contribution in [2.24, 2.45) is 5.92 Å². The highest BCUT2D eigenvalue weighted by molar-refractivity contribution is 14.1. The van der Waals surface area contributed by atoms with Gasteiger partial charge in [0.25, 0.3) is 5.91 Å². The van der Waals surface area contributed by atoms with E-state index in [1.165, 1.54) is 12.4 Å². The summed E-state index contributed by atoms with van der Waals surface area (Å²) in [5.41, 5.74) is 2.14. The van der Waals surface area contributed by atoms with Crippen LogP contribution in [0.3, 0.4) is 0 Å². The maximum absolute atomic E-state index is 15.2. The number of carbonyl (C=O) groups excluding carboxylic acids is 1. The van der Waals surface area contributed by atoms with Gasteiger partial charge in [0.2, 0.25) is 10.0 Å². The third-order valence-electron chi connectivity index (χ3n) is 5.19. The summed E-state index contributed by atoms with van der Waals surface area (Å²) in [7, 11) is -4.53. The molecule has 1 heterocycles. The highest BCUT2D eigenvalue weighted by Crippen LogP contribution is 2.32. The van der Waals surface area contributed by atoms with Crippen LogP contribution in [0.5, 0.6) is 0 Å². The molecule has 4 rings (SSSR count). The van der Waals surface area contributed by atoms with Crippen molar-refractivity contribution in [1.82, 2.24) is 15.2 Å². The first-order valence-electron chi connectivity index (χ1n) is 10.6. The van der Waals surface area contributed by atoms with Crippen LogP contribution in [0, 0.1) is 21.1 Å². The molecule has 0 unspecified atom stereocenters. The van der Waals surface area contributed by atoms with Crippen molar-refractivity contribution in [3.63, 3.8) is 0 Å². The lowest BCUT2D eigenvalue weighted by Gasteiger charge is -2.17. The molecule has 0 bridgehead atoms. The summed E-state index contributed by atoms with van der Waals surface area (Å²) >= 11 is 2.09. The third-order valence-corrected chi connectivity index (χ3v) is 7.31. The fraction of sp³-hybridized carbons (Fsp3) is 0.217. The van der Waals surface area contributed by atoms with Crippen molar-refractivity contribution in [3.8, 4) is 0 Å². The Kier molecular flexibility index (Phi) is 7.94. The number of hydrogen-bond acceptors (Lipinski definition) is 6. The molecule has 0 atom stereocenters. The number of benzene rings is 2. The lowest BCUT2D eigenvalue weighted by atomic mass is 10.1. The summed E-state index contributed by atoms with van der Waals surface area (Å²) in [6.45, 7) is 0.0685. The highest BCUT2D eigenvalue weighted by Gasteiger charge is 2.30. The SMILES string of the molecule is O=C(NOCC1CC1)c1cc(S(=O)(=O)NCc2cccnc2)c(F)c(F)c1Nc1ccc(I)cc1. The van der Waals surface area contributed by atoms with Gasteiger partial charge in [0.1, 0.15) is 4.90 Å². The molecule has 1 amide bonds. The van der Waals surface area contributed by atoms with E-state index < -0.39 is 43.7 Å². The number of nitrogens with zero attached hydrogens (tertiary/aromatic N) is 1. The Labute approximate surface area is 214 Å². The van der Waals surface area contributed by atoms with Crippen LogP contribution < -0.4 is 15.5 Å². The second-order valence-corrected chi connectivity index (χ2v) is 10.9. The number of anilines is 2. The molecule has 35 heavy (non-hydrogen) atoms. The molecule has 3 aromatic rings. The van der Waals surface area contributed by atoms with E-state index in [1.54, 1.807) is 36.4 Å². The smallest absolute Gasteiger partial charge is 0.277 e. The molecular weight excluding hydrogens is 593 g/mol. The molecule has 12 heteroatoms. The summed E-state index contributed by atoms with van der Waals surface area (Å²) in [5.74, 6) is -3.72. The minimum atomic E-state index is -4.53. The quantitative estimate of drug-likeness (QED) is 0.233. The van der Waals surface area contributed by atoms with E-state index >= 15 is 8.78 Å². The Morgan fingerprint density at radius 2 is 1.89 bits per heavy atom. The second-order valence-electron chi connectivity index (χ2n) is 7.93. The minimum Gasteiger partial charge on any atom is -0.352 e. The highest BCUT2D eigenvalue weighted by atomic mass is 127. The number of halogens is 3. The van der Waals surface area contributed by atoms with Crippen molar-refractivity contribution in [1.29, 1.82) is 0 Å². The van der Waals surface area contributed by atoms with Gasteiger partial charge in [0, 0.05) is 28.2 Å². The third kappa shape index (κ3) is 6.51. The zero-order valence-corrected chi connectivity index (χ0v) is 21.2. The molecule has 1 saturated carbocycles. The predicted octanol–water partition coefficient (Wildman–Crippen LogP) is 4.26. The van der Waals surface area contributed by atoms with Gasteiger partial charge in [-0.1, -0.05) is 6.07 Å². The molecule has 0 spiro atoms. The van der Waals surface area contributed by atoms with Crippen molar-refractivity contribution in [2.45, 2.75) is 24.3 Å². The molecule has 8 nitrogen and oxygen atoms in total. The molecule has 3 N–H and O–H groups in total. The zero-order valence-electron chi connectivity index (χ0n) is 18.2. The van der Waals surface area contributed by atoms with Gasteiger partial charge >= 0.3 is 0 Å². The molecule has 1 aromatic heterocycles. The van der Waals surface area contributed by atoms with Gasteiger partial charge in [0.05, 0.1) is 17.9 Å². The number of amides is 1. The second kappa shape index (κ2) is 10.9. The molecule has 1 aliphatic carbocycles. The van der Waals surface area contributed by atoms with Crippen molar-refractivity contribution in [2.75, 3.05) is 11.9 Å². The van der Waals surface area contributed by atoms with E-state index in [-0.39, 0.29) is 13.2 Å². The van der Waals surface area contributed by atoms with Crippen LogP contribution in [0.4, 0.5) is 20.2 Å². The molecule has 0 aliphatic heterocycles. The van der Waals surface area contributed by atoms with Gasteiger partial charge in [0.15, 0.2) is 11.6 Å². The van der Waals surface area contributed by atoms with Gasteiger partial charge < -0.3 is 5.32 Å². The summed E-state index contributed by atoms with van der Waals surface area (Å²) in [5, 5.41) is 2.68. The van der Waals surface area contributed by atoms with Crippen LogP contribution in [0.15, 0.2) is 59.8 Å². The molecule has 0 radical (unpaired) electrons. The maximum Gasteiger partial charge on any atom is 0.277 e. The number of hydroxylamine groups is 1. The molecule has 0 saturated heterocycles. The summed E-state index contributed by atoms with van der Waals surface area (Å²) in [6.07, 6.45) is 4.91. The van der Waals surface area contributed by atoms with Crippen LogP contribution in [-0.4, -0.2) is 25.9 Å². The molecule has 2 aromatic carbocycles. The number of sulfonamides is 1. The average Bonchev–Trinajstić information content (AvgIpc) is 3.67. The van der Waals surface area contributed by atoms with Crippen LogP contribution in [0.25, 0.3) is 0 Å². The molecule has 1 aliphatic rings. The lowest BCUT2D eigenvalue weighted by molar-refractivity contribution is 0.0270. The number of rotatable bonds is 10. The standard InChI is InChI=1S/C23H21F2IN4O4S/c24-20-19(35(32,33)28-12-15-2-1-9-27-11-15)10-18(23(31)30-34-13-14-3-4-14)22(21(20)25)29-17-7-5-16(26)6-8-17/h1-2,5-11,14,28-29H,3-4,12-13H2,(H,30,31). The van der Waals surface area contributed by atoms with Crippen molar-refractivity contribution >= 4 is 49.9 Å². The van der Waals surface area contributed by atoms with Gasteiger partial charge in [-0.2, -0.15) is 0 Å². The normalized spacial score (nSPS) is 13.5. The summed E-state index contributed by atoms with van der Waals surface area (Å²) < 4.78 is 59.1. The average molecular weight is 614 g/mol. The Balaban J connectivity index is 1.67. The van der Waals surface area contributed by atoms with Gasteiger partial charge in [-0.15, -0.1) is 0 Å². The zero-order chi connectivity index (χ0) is 25.0. The van der Waals surface area contributed by atoms with E-state index in [9.17, 15) is 13.2 Å². The van der Waals surface area contributed by atoms with E-state index in [4.69, 9.17) is 4.84 Å². The van der Waals surface area contributed by atoms with Crippen molar-refractivity contribution < 1.29 is 26.8 Å². The number of hydrogen-bond donors (Lipinski definition) is 3. The largest absolute Gasteiger partial charge is 0.352 e. The van der Waals surface area contributed by atoms with Crippen LogP contribution in [-0.2, 0) is 21.4 Å². The van der Waals surface area contributed by atoms with Crippen LogP contribution >= 0.6 is 22.6 Å². The van der Waals surface area contributed by atoms with Gasteiger partial charge in [-0.05, 0) is 83.3 Å². The number of carbonyl (C=O) groups is 1. The summed E-state index contributed by atoms with van der Waals surface area (Å²) in [4.78, 5) is 20.9. The van der Waals surface area contributed by atoms with Crippen LogP contribution in [0.1, 0.15) is 28.8 Å². The fourth-order valence-corrected chi connectivity index (χ4v) is 4.57. The van der Waals surface area contributed by atoms with Crippen molar-refractivity contribution in [3.05, 3.63) is 81.2 Å². The lowest BCUT2D eigenvalue weighted by Crippen LogP contribution is -2.28. The monoisotopic (exact) mass is 614 g/mol. The van der Waals surface area contributed by atoms with E-state index in [2.05, 4.69) is 43.1 Å².